The van der Waals surface area contributed by atoms with E-state index in [1.165, 1.54) is 0 Å². The first-order valence-corrected chi connectivity index (χ1v) is 13.9. The summed E-state index contributed by atoms with van der Waals surface area (Å²) in [5, 5.41) is 0. The van der Waals surface area contributed by atoms with Crippen LogP contribution >= 0.6 is 0 Å². The number of hydrogen-bond donors (Lipinski definition) is 0. The van der Waals surface area contributed by atoms with E-state index in [0.29, 0.717) is 17.7 Å². The van der Waals surface area contributed by atoms with Crippen molar-refractivity contribution < 1.29 is 13.5 Å². The van der Waals surface area contributed by atoms with Crippen LogP contribution in [0.3, 0.4) is 0 Å². The third kappa shape index (κ3) is 7.58. The van der Waals surface area contributed by atoms with Gasteiger partial charge in [0.1, 0.15) is 17.4 Å². The van der Waals surface area contributed by atoms with E-state index in [1.807, 2.05) is 73.7 Å². The van der Waals surface area contributed by atoms with Crippen molar-refractivity contribution in [1.82, 2.24) is 0 Å². The zero-order valence-corrected chi connectivity index (χ0v) is 23.1. The maximum absolute atomic E-state index is 15.1. The van der Waals surface area contributed by atoms with Crippen LogP contribution in [0, 0.1) is 30.4 Å². The SMILES string of the molecule is CCCCCc1cc(C)c(C#Cc2ccc(-c3ccc(-c4ccc(OCCCC)cc4)c(F)c3)cc2)cc1F. The van der Waals surface area contributed by atoms with Crippen LogP contribution in [-0.2, 0) is 6.42 Å². The highest BCUT2D eigenvalue weighted by atomic mass is 19.1. The highest BCUT2D eigenvalue weighted by molar-refractivity contribution is 5.71. The van der Waals surface area contributed by atoms with E-state index >= 15 is 4.39 Å². The molecule has 0 heterocycles. The van der Waals surface area contributed by atoms with Gasteiger partial charge in [-0.05, 0) is 90.4 Å². The fourth-order valence-electron chi connectivity index (χ4n) is 4.51. The molecule has 0 bridgehead atoms. The van der Waals surface area contributed by atoms with Crippen LogP contribution in [0.1, 0.15) is 68.2 Å². The predicted molar refractivity (Wildman–Crippen MR) is 158 cm³/mol. The summed E-state index contributed by atoms with van der Waals surface area (Å²) in [4.78, 5) is 0. The normalized spacial score (nSPS) is 10.7. The Morgan fingerprint density at radius 1 is 0.667 bits per heavy atom. The third-order valence-corrected chi connectivity index (χ3v) is 6.90. The molecule has 0 aliphatic rings. The fraction of sp³-hybridized carbons (Fsp3) is 0.278. The van der Waals surface area contributed by atoms with Gasteiger partial charge in [0.15, 0.2) is 0 Å². The van der Waals surface area contributed by atoms with Gasteiger partial charge in [0.05, 0.1) is 6.61 Å². The van der Waals surface area contributed by atoms with Gasteiger partial charge in [-0.2, -0.15) is 0 Å². The number of benzene rings is 4. The zero-order valence-electron chi connectivity index (χ0n) is 23.1. The van der Waals surface area contributed by atoms with Crippen molar-refractivity contribution in [3.8, 4) is 39.8 Å². The molecule has 0 amide bonds. The van der Waals surface area contributed by atoms with E-state index in [1.54, 1.807) is 12.1 Å². The van der Waals surface area contributed by atoms with Crippen LogP contribution in [-0.4, -0.2) is 6.61 Å². The predicted octanol–water partition coefficient (Wildman–Crippen LogP) is 9.92. The maximum atomic E-state index is 15.1. The average Bonchev–Trinajstić information content (AvgIpc) is 2.95. The Kier molecular flexibility index (Phi) is 9.92. The van der Waals surface area contributed by atoms with Crippen LogP contribution in [0.4, 0.5) is 8.78 Å². The molecule has 0 radical (unpaired) electrons. The average molecular weight is 523 g/mol. The minimum atomic E-state index is -0.272. The monoisotopic (exact) mass is 522 g/mol. The minimum absolute atomic E-state index is 0.182. The first-order chi connectivity index (χ1) is 19.0. The van der Waals surface area contributed by atoms with Crippen LogP contribution in [0.5, 0.6) is 5.75 Å². The molecule has 0 aromatic heterocycles. The Balaban J connectivity index is 1.45. The Morgan fingerprint density at radius 3 is 2.05 bits per heavy atom. The van der Waals surface area contributed by atoms with E-state index in [0.717, 1.165) is 77.7 Å². The Labute approximate surface area is 231 Å². The summed E-state index contributed by atoms with van der Waals surface area (Å²) in [6, 6.07) is 24.0. The molecule has 200 valence electrons. The molecule has 0 spiro atoms. The molecule has 3 heteroatoms. The highest BCUT2D eigenvalue weighted by Crippen LogP contribution is 2.29. The third-order valence-electron chi connectivity index (χ3n) is 6.90. The van der Waals surface area contributed by atoms with Crippen molar-refractivity contribution in [2.45, 2.75) is 59.3 Å². The van der Waals surface area contributed by atoms with Crippen molar-refractivity contribution in [1.29, 1.82) is 0 Å². The van der Waals surface area contributed by atoms with Crippen molar-refractivity contribution in [2.75, 3.05) is 6.61 Å². The van der Waals surface area contributed by atoms with Gasteiger partial charge in [-0.1, -0.05) is 87.4 Å². The summed E-state index contributed by atoms with van der Waals surface area (Å²) in [6.45, 7) is 6.94. The molecule has 0 N–H and O–H groups in total. The molecule has 39 heavy (non-hydrogen) atoms. The Morgan fingerprint density at radius 2 is 1.36 bits per heavy atom. The van der Waals surface area contributed by atoms with Crippen molar-refractivity contribution >= 4 is 0 Å². The molecule has 4 rings (SSSR count). The largest absolute Gasteiger partial charge is 0.494 e. The molecule has 0 atom stereocenters. The van der Waals surface area contributed by atoms with Gasteiger partial charge in [0.2, 0.25) is 0 Å². The van der Waals surface area contributed by atoms with E-state index in [9.17, 15) is 4.39 Å². The number of hydrogen-bond acceptors (Lipinski definition) is 1. The van der Waals surface area contributed by atoms with Gasteiger partial charge in [0.25, 0.3) is 0 Å². The minimum Gasteiger partial charge on any atom is -0.494 e. The number of rotatable bonds is 10. The first-order valence-electron chi connectivity index (χ1n) is 13.9. The second kappa shape index (κ2) is 13.8. The lowest BCUT2D eigenvalue weighted by atomic mass is 9.98. The van der Waals surface area contributed by atoms with Gasteiger partial charge in [-0.25, -0.2) is 8.78 Å². The lowest BCUT2D eigenvalue weighted by Crippen LogP contribution is -1.96. The molecule has 0 saturated heterocycles. The molecule has 4 aromatic rings. The molecule has 0 saturated carbocycles. The second-order valence-corrected chi connectivity index (χ2v) is 9.96. The topological polar surface area (TPSA) is 9.23 Å². The standard InChI is InChI=1S/C36H36F2O/c1-4-6-8-9-32-23-26(3)30(24-35(32)37)15-12-27-10-13-28(14-11-27)31-18-21-34(36(38)25-31)29-16-19-33(20-17-29)39-22-7-5-2/h10-11,13-14,16-21,23-25H,4-9,22H2,1-3H3. The van der Waals surface area contributed by atoms with Crippen LogP contribution in [0.15, 0.2) is 78.9 Å². The van der Waals surface area contributed by atoms with Crippen molar-refractivity contribution in [2.24, 2.45) is 0 Å². The summed E-state index contributed by atoms with van der Waals surface area (Å²) in [5.41, 5.74) is 6.35. The van der Waals surface area contributed by atoms with E-state index < -0.39 is 0 Å². The number of ether oxygens (including phenoxy) is 1. The summed E-state index contributed by atoms with van der Waals surface area (Å²) in [6.07, 6.45) is 6.08. The Hall–Kier alpha value is -3.90. The summed E-state index contributed by atoms with van der Waals surface area (Å²) in [5.74, 6) is 6.60. The number of halogens is 2. The van der Waals surface area contributed by atoms with Crippen LogP contribution in [0.2, 0.25) is 0 Å². The van der Waals surface area contributed by atoms with Crippen molar-refractivity contribution in [3.05, 3.63) is 113 Å². The molecule has 4 aromatic carbocycles. The van der Waals surface area contributed by atoms with Gasteiger partial charge >= 0.3 is 0 Å². The smallest absolute Gasteiger partial charge is 0.131 e. The molecule has 1 nitrogen and oxygen atoms in total. The molecule has 0 aliphatic heterocycles. The first kappa shape index (κ1) is 28.1. The van der Waals surface area contributed by atoms with Gasteiger partial charge in [0, 0.05) is 16.7 Å². The summed E-state index contributed by atoms with van der Waals surface area (Å²) >= 11 is 0. The van der Waals surface area contributed by atoms with Crippen molar-refractivity contribution in [3.63, 3.8) is 0 Å². The zero-order chi connectivity index (χ0) is 27.6. The second-order valence-electron chi connectivity index (χ2n) is 9.96. The van der Waals surface area contributed by atoms with E-state index in [-0.39, 0.29) is 11.6 Å². The van der Waals surface area contributed by atoms with Gasteiger partial charge in [-0.15, -0.1) is 0 Å². The van der Waals surface area contributed by atoms with E-state index in [2.05, 4.69) is 25.7 Å². The maximum Gasteiger partial charge on any atom is 0.131 e. The molecular weight excluding hydrogens is 486 g/mol. The van der Waals surface area contributed by atoms with Gasteiger partial charge < -0.3 is 4.74 Å². The van der Waals surface area contributed by atoms with E-state index in [4.69, 9.17) is 4.74 Å². The van der Waals surface area contributed by atoms with Gasteiger partial charge in [-0.3, -0.25) is 0 Å². The molecule has 0 unspecified atom stereocenters. The van der Waals surface area contributed by atoms with Crippen LogP contribution < -0.4 is 4.74 Å². The number of unbranched alkanes of at least 4 members (excludes halogenated alkanes) is 3. The summed E-state index contributed by atoms with van der Waals surface area (Å²) in [7, 11) is 0. The quantitative estimate of drug-likeness (QED) is 0.149. The molecule has 0 fully saturated rings. The lowest BCUT2D eigenvalue weighted by Gasteiger charge is -2.09. The molecular formula is C36H36F2O. The number of aryl methyl sites for hydroxylation is 2. The molecule has 0 aliphatic carbocycles. The summed E-state index contributed by atoms with van der Waals surface area (Å²) < 4.78 is 35.3. The van der Waals surface area contributed by atoms with Crippen LogP contribution in [0.25, 0.3) is 22.3 Å². The Bertz CT molecular complexity index is 1440. The highest BCUT2D eigenvalue weighted by Gasteiger charge is 2.09. The fourth-order valence-corrected chi connectivity index (χ4v) is 4.51. The lowest BCUT2D eigenvalue weighted by molar-refractivity contribution is 0.309.